The van der Waals surface area contributed by atoms with Crippen molar-refractivity contribution in [1.29, 1.82) is 0 Å². The Hall–Kier alpha value is -1.47. The van der Waals surface area contributed by atoms with Gasteiger partial charge in [0, 0.05) is 12.5 Å². The van der Waals surface area contributed by atoms with E-state index >= 15 is 0 Å². The fourth-order valence-electron chi connectivity index (χ4n) is 2.42. The molecule has 2 aromatic heterocycles. The number of nitrogens with one attached hydrogen (secondary N) is 1. The maximum atomic E-state index is 11.6. The molecule has 1 fully saturated rings. The summed E-state index contributed by atoms with van der Waals surface area (Å²) in [5.41, 5.74) is 8.75. The van der Waals surface area contributed by atoms with Crippen molar-refractivity contribution in [2.24, 2.45) is 5.73 Å². The minimum Gasteiger partial charge on any atom is -0.344 e. The van der Waals surface area contributed by atoms with Crippen LogP contribution in [0, 0.1) is 0 Å². The van der Waals surface area contributed by atoms with E-state index in [9.17, 15) is 8.42 Å². The van der Waals surface area contributed by atoms with Crippen molar-refractivity contribution < 1.29 is 8.42 Å². The van der Waals surface area contributed by atoms with E-state index in [0.717, 1.165) is 22.4 Å². The lowest BCUT2D eigenvalue weighted by atomic mass is 10.0. The van der Waals surface area contributed by atoms with Crippen molar-refractivity contribution in [3.8, 4) is 0 Å². The number of rotatable bonds is 2. The predicted octanol–water partition coefficient (Wildman–Crippen LogP) is 0.319. The molecular formula is C11H14N4O2S. The van der Waals surface area contributed by atoms with Gasteiger partial charge in [0.25, 0.3) is 0 Å². The molecular weight excluding hydrogens is 252 g/mol. The lowest BCUT2D eigenvalue weighted by Crippen LogP contribution is -2.09. The molecule has 0 bridgehead atoms. The molecule has 1 aliphatic rings. The Morgan fingerprint density at radius 1 is 1.50 bits per heavy atom. The first-order valence-electron chi connectivity index (χ1n) is 5.82. The Balaban J connectivity index is 2.13. The van der Waals surface area contributed by atoms with Crippen molar-refractivity contribution in [3.63, 3.8) is 0 Å². The number of aromatic amines is 1. The molecule has 0 spiro atoms. The van der Waals surface area contributed by atoms with E-state index in [1.807, 2.05) is 6.07 Å². The molecule has 1 aliphatic heterocycles. The topological polar surface area (TPSA) is 102 Å². The van der Waals surface area contributed by atoms with E-state index in [1.165, 1.54) is 0 Å². The second-order valence-electron chi connectivity index (χ2n) is 4.60. The second-order valence-corrected chi connectivity index (χ2v) is 6.83. The number of hydrogen-bond donors (Lipinski definition) is 2. The van der Waals surface area contributed by atoms with E-state index in [4.69, 9.17) is 5.73 Å². The first-order chi connectivity index (χ1) is 8.59. The van der Waals surface area contributed by atoms with Crippen LogP contribution >= 0.6 is 0 Å². The summed E-state index contributed by atoms with van der Waals surface area (Å²) in [5.74, 6) is 0.334. The van der Waals surface area contributed by atoms with Gasteiger partial charge in [-0.2, -0.15) is 0 Å². The molecule has 6 nitrogen and oxygen atoms in total. The van der Waals surface area contributed by atoms with E-state index < -0.39 is 9.84 Å². The number of sulfone groups is 1. The van der Waals surface area contributed by atoms with Gasteiger partial charge in [0.1, 0.15) is 5.52 Å². The number of aromatic nitrogens is 3. The van der Waals surface area contributed by atoms with Crippen molar-refractivity contribution in [2.75, 3.05) is 11.5 Å². The van der Waals surface area contributed by atoms with Gasteiger partial charge in [0.2, 0.25) is 0 Å². The van der Waals surface area contributed by atoms with Crippen molar-refractivity contribution >= 4 is 20.9 Å². The van der Waals surface area contributed by atoms with Crippen LogP contribution in [0.15, 0.2) is 12.4 Å². The molecule has 7 heteroatoms. The second kappa shape index (κ2) is 4.03. The largest absolute Gasteiger partial charge is 0.344 e. The summed E-state index contributed by atoms with van der Waals surface area (Å²) in [6.45, 7) is 0.335. The Morgan fingerprint density at radius 2 is 2.33 bits per heavy atom. The highest BCUT2D eigenvalue weighted by atomic mass is 32.2. The summed E-state index contributed by atoms with van der Waals surface area (Å²) < 4.78 is 23.1. The van der Waals surface area contributed by atoms with Crippen molar-refractivity contribution in [1.82, 2.24) is 15.0 Å². The van der Waals surface area contributed by atoms with Crippen LogP contribution in [0.2, 0.25) is 0 Å². The van der Waals surface area contributed by atoms with Gasteiger partial charge in [0.05, 0.1) is 34.7 Å². The van der Waals surface area contributed by atoms with Crippen molar-refractivity contribution in [2.45, 2.75) is 18.9 Å². The van der Waals surface area contributed by atoms with Crippen LogP contribution in [0.4, 0.5) is 0 Å². The third-order valence-corrected chi connectivity index (χ3v) is 5.08. The van der Waals surface area contributed by atoms with E-state index in [2.05, 4.69) is 15.0 Å². The highest BCUT2D eigenvalue weighted by molar-refractivity contribution is 7.91. The van der Waals surface area contributed by atoms with E-state index in [-0.39, 0.29) is 17.4 Å². The van der Waals surface area contributed by atoms with Crippen LogP contribution in [0.3, 0.4) is 0 Å². The standard InChI is InChI=1S/C11H14N4O2S/c12-4-8-3-9-11(14-6-13-9)10(15-8)7-1-2-18(16,17)5-7/h3,6-7H,1-2,4-5,12H2,(H,13,14). The number of nitrogens with zero attached hydrogens (tertiary/aromatic N) is 2. The molecule has 0 saturated carbocycles. The number of imidazole rings is 1. The van der Waals surface area contributed by atoms with Gasteiger partial charge in [-0.25, -0.2) is 13.4 Å². The Morgan fingerprint density at radius 3 is 3.00 bits per heavy atom. The maximum Gasteiger partial charge on any atom is 0.151 e. The lowest BCUT2D eigenvalue weighted by molar-refractivity contribution is 0.601. The lowest BCUT2D eigenvalue weighted by Gasteiger charge is -2.09. The van der Waals surface area contributed by atoms with Crippen LogP contribution in [0.25, 0.3) is 11.0 Å². The van der Waals surface area contributed by atoms with Gasteiger partial charge < -0.3 is 10.7 Å². The van der Waals surface area contributed by atoms with Crippen LogP contribution in [-0.2, 0) is 16.4 Å². The fourth-order valence-corrected chi connectivity index (χ4v) is 4.17. The zero-order valence-corrected chi connectivity index (χ0v) is 10.6. The molecule has 2 aromatic rings. The average molecular weight is 266 g/mol. The first-order valence-corrected chi connectivity index (χ1v) is 7.64. The normalized spacial score (nSPS) is 22.6. The third-order valence-electron chi connectivity index (χ3n) is 3.31. The SMILES string of the molecule is NCc1cc2[nH]cnc2c(C2CCS(=O)(=O)C2)n1. The average Bonchev–Trinajstić information content (AvgIpc) is 2.93. The number of H-pyrrole nitrogens is 1. The minimum absolute atomic E-state index is 0.0627. The molecule has 18 heavy (non-hydrogen) atoms. The summed E-state index contributed by atoms with van der Waals surface area (Å²) in [4.78, 5) is 11.7. The van der Waals surface area contributed by atoms with E-state index in [1.54, 1.807) is 6.33 Å². The molecule has 3 rings (SSSR count). The number of hydrogen-bond acceptors (Lipinski definition) is 5. The van der Waals surface area contributed by atoms with Gasteiger partial charge in [-0.3, -0.25) is 4.98 Å². The zero-order valence-electron chi connectivity index (χ0n) is 9.76. The summed E-state index contributed by atoms with van der Waals surface area (Å²) in [6, 6.07) is 1.86. The molecule has 1 saturated heterocycles. The van der Waals surface area contributed by atoms with E-state index in [0.29, 0.717) is 13.0 Å². The van der Waals surface area contributed by atoms with Gasteiger partial charge in [0.15, 0.2) is 9.84 Å². The quantitative estimate of drug-likeness (QED) is 0.815. The molecule has 0 radical (unpaired) electrons. The van der Waals surface area contributed by atoms with Gasteiger partial charge in [-0.05, 0) is 12.5 Å². The fraction of sp³-hybridized carbons (Fsp3) is 0.455. The molecule has 0 aromatic carbocycles. The summed E-state index contributed by atoms with van der Waals surface area (Å²) >= 11 is 0. The van der Waals surface area contributed by atoms with Gasteiger partial charge in [-0.15, -0.1) is 0 Å². The summed E-state index contributed by atoms with van der Waals surface area (Å²) in [5, 5.41) is 0. The molecule has 0 aliphatic carbocycles. The number of pyridine rings is 1. The van der Waals surface area contributed by atoms with Crippen molar-refractivity contribution in [3.05, 3.63) is 23.8 Å². The molecule has 1 unspecified atom stereocenters. The first kappa shape index (κ1) is 11.6. The summed E-state index contributed by atoms with van der Waals surface area (Å²) in [7, 11) is -2.92. The van der Waals surface area contributed by atoms with Crippen LogP contribution < -0.4 is 5.73 Å². The van der Waals surface area contributed by atoms with Crippen LogP contribution in [-0.4, -0.2) is 34.9 Å². The van der Waals surface area contributed by atoms with Gasteiger partial charge >= 0.3 is 0 Å². The highest BCUT2D eigenvalue weighted by Crippen LogP contribution is 2.31. The molecule has 0 amide bonds. The zero-order chi connectivity index (χ0) is 12.8. The Kier molecular flexibility index (Phi) is 2.60. The number of fused-ring (bicyclic) bond motifs is 1. The predicted molar refractivity (Wildman–Crippen MR) is 67.8 cm³/mol. The Bertz CT molecular complexity index is 692. The Labute approximate surface area is 105 Å². The highest BCUT2D eigenvalue weighted by Gasteiger charge is 2.31. The van der Waals surface area contributed by atoms with Crippen LogP contribution in [0.5, 0.6) is 0 Å². The minimum atomic E-state index is -2.92. The van der Waals surface area contributed by atoms with Gasteiger partial charge in [-0.1, -0.05) is 0 Å². The smallest absolute Gasteiger partial charge is 0.151 e. The molecule has 3 heterocycles. The molecule has 3 N–H and O–H groups in total. The maximum absolute atomic E-state index is 11.6. The third kappa shape index (κ3) is 1.89. The number of nitrogens with two attached hydrogens (primary N) is 1. The molecule has 96 valence electrons. The van der Waals surface area contributed by atoms with Crippen LogP contribution in [0.1, 0.15) is 23.7 Å². The summed E-state index contributed by atoms with van der Waals surface area (Å²) in [6.07, 6.45) is 2.21. The molecule has 1 atom stereocenters. The monoisotopic (exact) mass is 266 g/mol.